The van der Waals surface area contributed by atoms with E-state index >= 15 is 0 Å². The van der Waals surface area contributed by atoms with Gasteiger partial charge in [0.15, 0.2) is 18.1 Å². The molecule has 0 bridgehead atoms. The highest BCUT2D eigenvalue weighted by molar-refractivity contribution is 5.80. The van der Waals surface area contributed by atoms with E-state index in [-0.39, 0.29) is 6.61 Å². The monoisotopic (exact) mass is 238 g/mol. The second-order valence-electron chi connectivity index (χ2n) is 3.05. The molecule has 0 heterocycles. The van der Waals surface area contributed by atoms with E-state index in [0.717, 1.165) is 5.56 Å². The predicted molar refractivity (Wildman–Crippen MR) is 62.3 cm³/mol. The summed E-state index contributed by atoms with van der Waals surface area (Å²) in [6.07, 6.45) is 1.48. The van der Waals surface area contributed by atoms with Crippen LogP contribution in [0.1, 0.15) is 5.56 Å². The first kappa shape index (κ1) is 12.8. The van der Waals surface area contributed by atoms with E-state index in [4.69, 9.17) is 15.3 Å². The Morgan fingerprint density at radius 3 is 2.76 bits per heavy atom. The van der Waals surface area contributed by atoms with Gasteiger partial charge in [0.25, 0.3) is 0 Å². The van der Waals surface area contributed by atoms with Crippen LogP contribution in [0.4, 0.5) is 0 Å². The normalized spacial score (nSPS) is 10.2. The number of carbonyl (C=O) groups excluding carboxylic acids is 1. The zero-order chi connectivity index (χ0) is 12.7. The van der Waals surface area contributed by atoms with Crippen molar-refractivity contribution in [1.82, 2.24) is 0 Å². The van der Waals surface area contributed by atoms with E-state index in [0.29, 0.717) is 11.5 Å². The Bertz CT molecular complexity index is 418. The van der Waals surface area contributed by atoms with Crippen LogP contribution in [0, 0.1) is 0 Å². The van der Waals surface area contributed by atoms with Crippen LogP contribution in [0.25, 0.3) is 0 Å². The van der Waals surface area contributed by atoms with Gasteiger partial charge in [-0.3, -0.25) is 0 Å². The molecule has 0 radical (unpaired) electrons. The van der Waals surface area contributed by atoms with Gasteiger partial charge in [-0.1, -0.05) is 0 Å². The average Bonchev–Trinajstić information content (AvgIpc) is 2.36. The van der Waals surface area contributed by atoms with Crippen LogP contribution >= 0.6 is 0 Å². The molecule has 6 heteroatoms. The molecule has 17 heavy (non-hydrogen) atoms. The SMILES string of the molecule is COC(=O)COc1ccc(C=NN)cc1OC. The van der Waals surface area contributed by atoms with Crippen molar-refractivity contribution in [1.29, 1.82) is 0 Å². The molecule has 0 aliphatic carbocycles. The summed E-state index contributed by atoms with van der Waals surface area (Å²) in [7, 11) is 2.80. The summed E-state index contributed by atoms with van der Waals surface area (Å²) in [6.45, 7) is -0.169. The topological polar surface area (TPSA) is 83.1 Å². The van der Waals surface area contributed by atoms with Crippen molar-refractivity contribution in [2.24, 2.45) is 10.9 Å². The summed E-state index contributed by atoms with van der Waals surface area (Å²) in [5, 5.41) is 3.40. The Morgan fingerprint density at radius 2 is 2.18 bits per heavy atom. The maximum absolute atomic E-state index is 10.9. The minimum atomic E-state index is -0.459. The molecule has 0 atom stereocenters. The number of rotatable bonds is 5. The Labute approximate surface area is 99.0 Å². The number of hydrogen-bond acceptors (Lipinski definition) is 6. The smallest absolute Gasteiger partial charge is 0.343 e. The molecule has 0 spiro atoms. The molecule has 0 fully saturated rings. The fourth-order valence-electron chi connectivity index (χ4n) is 1.17. The quantitative estimate of drug-likeness (QED) is 0.350. The minimum absolute atomic E-state index is 0.169. The zero-order valence-electron chi connectivity index (χ0n) is 9.67. The number of nitrogens with zero attached hydrogens (tertiary/aromatic N) is 1. The lowest BCUT2D eigenvalue weighted by Gasteiger charge is -2.10. The van der Waals surface area contributed by atoms with Gasteiger partial charge in [0.2, 0.25) is 0 Å². The number of benzene rings is 1. The maximum Gasteiger partial charge on any atom is 0.343 e. The van der Waals surface area contributed by atoms with Crippen LogP contribution in [0.3, 0.4) is 0 Å². The van der Waals surface area contributed by atoms with Crippen LogP contribution in [-0.4, -0.2) is 33.0 Å². The Morgan fingerprint density at radius 1 is 1.41 bits per heavy atom. The summed E-state index contributed by atoms with van der Waals surface area (Å²) in [5.74, 6) is 5.53. The molecular weight excluding hydrogens is 224 g/mol. The van der Waals surface area contributed by atoms with Crippen molar-refractivity contribution in [2.45, 2.75) is 0 Å². The van der Waals surface area contributed by atoms with Crippen molar-refractivity contribution >= 4 is 12.2 Å². The maximum atomic E-state index is 10.9. The van der Waals surface area contributed by atoms with Gasteiger partial charge in [0, 0.05) is 0 Å². The Kier molecular flexibility index (Phi) is 4.80. The van der Waals surface area contributed by atoms with E-state index in [9.17, 15) is 4.79 Å². The lowest BCUT2D eigenvalue weighted by molar-refractivity contribution is -0.142. The molecule has 0 aromatic heterocycles. The summed E-state index contributed by atoms with van der Waals surface area (Å²) in [4.78, 5) is 10.9. The van der Waals surface area contributed by atoms with Gasteiger partial charge in [-0.05, 0) is 23.8 Å². The van der Waals surface area contributed by atoms with Crippen molar-refractivity contribution in [3.05, 3.63) is 23.8 Å². The van der Waals surface area contributed by atoms with Gasteiger partial charge in [-0.2, -0.15) is 5.10 Å². The van der Waals surface area contributed by atoms with Gasteiger partial charge in [-0.25, -0.2) is 4.79 Å². The highest BCUT2D eigenvalue weighted by Crippen LogP contribution is 2.27. The van der Waals surface area contributed by atoms with Crippen molar-refractivity contribution in [2.75, 3.05) is 20.8 Å². The highest BCUT2D eigenvalue weighted by atomic mass is 16.6. The molecule has 1 rings (SSSR count). The van der Waals surface area contributed by atoms with E-state index in [1.165, 1.54) is 20.4 Å². The molecule has 92 valence electrons. The van der Waals surface area contributed by atoms with Crippen LogP contribution in [0.15, 0.2) is 23.3 Å². The van der Waals surface area contributed by atoms with Crippen molar-refractivity contribution in [3.63, 3.8) is 0 Å². The zero-order valence-corrected chi connectivity index (χ0v) is 9.67. The summed E-state index contributed by atoms with van der Waals surface area (Å²) < 4.78 is 14.8. The largest absolute Gasteiger partial charge is 0.493 e. The third kappa shape index (κ3) is 3.67. The van der Waals surface area contributed by atoms with Crippen molar-refractivity contribution in [3.8, 4) is 11.5 Å². The van der Waals surface area contributed by atoms with Crippen LogP contribution in [-0.2, 0) is 9.53 Å². The summed E-state index contributed by atoms with van der Waals surface area (Å²) >= 11 is 0. The number of esters is 1. The van der Waals surface area contributed by atoms with Gasteiger partial charge >= 0.3 is 5.97 Å². The molecule has 0 saturated heterocycles. The molecule has 2 N–H and O–H groups in total. The van der Waals surface area contributed by atoms with E-state index in [2.05, 4.69) is 9.84 Å². The number of carbonyl (C=O) groups is 1. The molecule has 0 unspecified atom stereocenters. The van der Waals surface area contributed by atoms with Crippen molar-refractivity contribution < 1.29 is 19.0 Å². The lowest BCUT2D eigenvalue weighted by Crippen LogP contribution is -2.13. The lowest BCUT2D eigenvalue weighted by atomic mass is 10.2. The first-order chi connectivity index (χ1) is 8.21. The van der Waals surface area contributed by atoms with E-state index in [1.54, 1.807) is 18.2 Å². The first-order valence-corrected chi connectivity index (χ1v) is 4.82. The molecular formula is C11H14N2O4. The van der Waals surface area contributed by atoms with Gasteiger partial charge in [0.05, 0.1) is 20.4 Å². The third-order valence-corrected chi connectivity index (χ3v) is 1.98. The average molecular weight is 238 g/mol. The standard InChI is InChI=1S/C11H14N2O4/c1-15-10-5-8(6-13-12)3-4-9(10)17-7-11(14)16-2/h3-6H,7,12H2,1-2H3. The van der Waals surface area contributed by atoms with Gasteiger partial charge < -0.3 is 20.1 Å². The number of nitrogens with two attached hydrogens (primary N) is 1. The minimum Gasteiger partial charge on any atom is -0.493 e. The second-order valence-corrected chi connectivity index (χ2v) is 3.05. The van der Waals surface area contributed by atoms with Gasteiger partial charge in [0.1, 0.15) is 0 Å². The molecule has 0 amide bonds. The molecule has 0 aliphatic rings. The fourth-order valence-corrected chi connectivity index (χ4v) is 1.17. The highest BCUT2D eigenvalue weighted by Gasteiger charge is 2.07. The molecule has 0 aliphatic heterocycles. The van der Waals surface area contributed by atoms with Crippen LogP contribution < -0.4 is 15.3 Å². The van der Waals surface area contributed by atoms with Gasteiger partial charge in [-0.15, -0.1) is 0 Å². The molecule has 1 aromatic carbocycles. The van der Waals surface area contributed by atoms with E-state index in [1.807, 2.05) is 0 Å². The summed E-state index contributed by atoms with van der Waals surface area (Å²) in [5.41, 5.74) is 0.773. The first-order valence-electron chi connectivity index (χ1n) is 4.82. The number of hydrogen-bond donors (Lipinski definition) is 1. The molecule has 1 aromatic rings. The Hall–Kier alpha value is -2.24. The van der Waals surface area contributed by atoms with Crippen LogP contribution in [0.5, 0.6) is 11.5 Å². The third-order valence-electron chi connectivity index (χ3n) is 1.98. The number of hydrazone groups is 1. The predicted octanol–water partition coefficient (Wildman–Crippen LogP) is 0.540. The number of methoxy groups -OCH3 is 2. The van der Waals surface area contributed by atoms with Crippen LogP contribution in [0.2, 0.25) is 0 Å². The fraction of sp³-hybridized carbons (Fsp3) is 0.273. The second kappa shape index (κ2) is 6.37. The van der Waals surface area contributed by atoms with E-state index < -0.39 is 5.97 Å². The Balaban J connectivity index is 2.81. The number of ether oxygens (including phenoxy) is 3. The molecule has 0 saturated carbocycles. The molecule has 6 nitrogen and oxygen atoms in total. The summed E-state index contributed by atoms with van der Waals surface area (Å²) in [6, 6.07) is 5.10.